The highest BCUT2D eigenvalue weighted by Gasteiger charge is 2.30. The Morgan fingerprint density at radius 3 is 2.20 bits per heavy atom. The highest BCUT2D eigenvalue weighted by atomic mass is 32.2. The van der Waals surface area contributed by atoms with Gasteiger partial charge in [-0.25, -0.2) is 8.42 Å². The minimum absolute atomic E-state index is 0.0313. The number of carbonyl (C=O) groups excluding carboxylic acids is 1. The van der Waals surface area contributed by atoms with Crippen LogP contribution in [0.3, 0.4) is 0 Å². The maximum Gasteiger partial charge on any atom is 0.573 e. The van der Waals surface area contributed by atoms with E-state index in [2.05, 4.69) is 4.74 Å². The quantitative estimate of drug-likeness (QED) is 0.574. The maximum atomic E-state index is 12.1. The molecular weight excluding hydrogens is 357 g/mol. The molecule has 1 rings (SSSR count). The Morgan fingerprint density at radius 2 is 1.68 bits per heavy atom. The van der Waals surface area contributed by atoms with Gasteiger partial charge in [-0.05, 0) is 44.4 Å². The van der Waals surface area contributed by atoms with Crippen LogP contribution in [0.25, 0.3) is 0 Å². The Hall–Kier alpha value is -1.57. The number of hydrogen-bond donors (Lipinski definition) is 0. The minimum Gasteiger partial charge on any atom is -0.406 e. The summed E-state index contributed by atoms with van der Waals surface area (Å²) in [6, 6.07) is 5.20. The van der Waals surface area contributed by atoms with Gasteiger partial charge in [0, 0.05) is 12.8 Å². The van der Waals surface area contributed by atoms with Gasteiger partial charge >= 0.3 is 6.36 Å². The van der Waals surface area contributed by atoms with E-state index in [4.69, 9.17) is 0 Å². The lowest BCUT2D eigenvalue weighted by Crippen LogP contribution is -2.17. The van der Waals surface area contributed by atoms with Crippen molar-refractivity contribution in [3.05, 3.63) is 29.8 Å². The van der Waals surface area contributed by atoms with Crippen LogP contribution in [-0.4, -0.2) is 31.6 Å². The molecule has 0 N–H and O–H groups in total. The van der Waals surface area contributed by atoms with Gasteiger partial charge in [-0.1, -0.05) is 18.6 Å². The third-order valence-corrected chi connectivity index (χ3v) is 5.96. The van der Waals surface area contributed by atoms with Crippen LogP contribution in [0.2, 0.25) is 0 Å². The summed E-state index contributed by atoms with van der Waals surface area (Å²) in [4.78, 5) is 11.9. The normalized spacial score (nSPS) is 12.4. The fraction of sp³-hybridized carbons (Fsp3) is 0.588. The van der Waals surface area contributed by atoms with Gasteiger partial charge in [-0.3, -0.25) is 4.79 Å². The molecule has 0 amide bonds. The van der Waals surface area contributed by atoms with Gasteiger partial charge in [-0.2, -0.15) is 0 Å². The SMILES string of the molecule is CC(C)S(=O)(=O)CCCCCC(=O)Cc1ccc(OC(F)(F)F)cc1. The van der Waals surface area contributed by atoms with E-state index in [0.717, 1.165) is 0 Å². The van der Waals surface area contributed by atoms with Gasteiger partial charge in [-0.15, -0.1) is 13.2 Å². The maximum absolute atomic E-state index is 12.1. The number of ketones is 1. The Bertz CT molecular complexity index is 649. The zero-order valence-electron chi connectivity index (χ0n) is 14.3. The standard InChI is InChI=1S/C17H23F3O4S/c1-13(2)25(22,23)11-5-3-4-6-15(21)12-14-7-9-16(10-8-14)24-17(18,19)20/h7-10,13H,3-6,11-12H2,1-2H3. The predicted molar refractivity (Wildman–Crippen MR) is 89.2 cm³/mol. The average Bonchev–Trinajstić information content (AvgIpc) is 2.47. The third-order valence-electron chi connectivity index (χ3n) is 3.66. The smallest absolute Gasteiger partial charge is 0.406 e. The molecule has 8 heteroatoms. The summed E-state index contributed by atoms with van der Waals surface area (Å²) in [6.07, 6.45) is -2.51. The molecule has 4 nitrogen and oxygen atoms in total. The number of rotatable bonds is 10. The van der Waals surface area contributed by atoms with E-state index in [1.165, 1.54) is 24.3 Å². The number of halogens is 3. The first-order valence-corrected chi connectivity index (χ1v) is 9.79. The Kier molecular flexibility index (Phi) is 7.92. The van der Waals surface area contributed by atoms with Crippen molar-refractivity contribution in [2.75, 3.05) is 5.75 Å². The van der Waals surface area contributed by atoms with Crippen molar-refractivity contribution in [2.45, 2.75) is 57.6 Å². The summed E-state index contributed by atoms with van der Waals surface area (Å²) in [5.41, 5.74) is 0.613. The molecule has 25 heavy (non-hydrogen) atoms. The Morgan fingerprint density at radius 1 is 1.08 bits per heavy atom. The molecular formula is C17H23F3O4S. The van der Waals surface area contributed by atoms with Crippen molar-refractivity contribution in [1.82, 2.24) is 0 Å². The highest BCUT2D eigenvalue weighted by molar-refractivity contribution is 7.91. The molecule has 0 fully saturated rings. The lowest BCUT2D eigenvalue weighted by atomic mass is 10.0. The topological polar surface area (TPSA) is 60.4 Å². The van der Waals surface area contributed by atoms with Gasteiger partial charge in [0.2, 0.25) is 0 Å². The van der Waals surface area contributed by atoms with Crippen LogP contribution >= 0.6 is 0 Å². The van der Waals surface area contributed by atoms with Crippen molar-refractivity contribution < 1.29 is 31.1 Å². The van der Waals surface area contributed by atoms with Crippen LogP contribution in [0.1, 0.15) is 45.1 Å². The van der Waals surface area contributed by atoms with Crippen molar-refractivity contribution >= 4 is 15.6 Å². The average molecular weight is 380 g/mol. The van der Waals surface area contributed by atoms with Gasteiger partial charge in [0.25, 0.3) is 0 Å². The molecule has 0 spiro atoms. The molecule has 0 saturated carbocycles. The number of alkyl halides is 3. The first-order valence-electron chi connectivity index (χ1n) is 8.07. The fourth-order valence-corrected chi connectivity index (χ4v) is 3.24. The first kappa shape index (κ1) is 21.5. The molecule has 0 unspecified atom stereocenters. The van der Waals surface area contributed by atoms with E-state index in [1.54, 1.807) is 13.8 Å². The highest BCUT2D eigenvalue weighted by Crippen LogP contribution is 2.23. The summed E-state index contributed by atoms with van der Waals surface area (Å²) < 4.78 is 63.2. The summed E-state index contributed by atoms with van der Waals surface area (Å²) in [5, 5.41) is -0.390. The Balaban J connectivity index is 2.31. The second kappa shape index (κ2) is 9.22. The summed E-state index contributed by atoms with van der Waals surface area (Å²) in [7, 11) is -3.04. The Labute approximate surface area is 146 Å². The third kappa shape index (κ3) is 8.90. The van der Waals surface area contributed by atoms with Gasteiger partial charge in [0.15, 0.2) is 9.84 Å². The molecule has 142 valence electrons. The van der Waals surface area contributed by atoms with E-state index < -0.39 is 21.4 Å². The molecule has 0 aliphatic rings. The zero-order chi connectivity index (χ0) is 19.1. The molecule has 0 bridgehead atoms. The number of Topliss-reactive ketones (excluding diaryl/α,β-unsaturated/α-hetero) is 1. The van der Waals surface area contributed by atoms with E-state index in [0.29, 0.717) is 31.2 Å². The molecule has 1 aromatic carbocycles. The molecule has 0 aliphatic heterocycles. The molecule has 0 aliphatic carbocycles. The first-order chi connectivity index (χ1) is 11.5. The molecule has 0 aromatic heterocycles. The van der Waals surface area contributed by atoms with Crippen molar-refractivity contribution in [1.29, 1.82) is 0 Å². The van der Waals surface area contributed by atoms with Gasteiger partial charge < -0.3 is 4.74 Å². The fourth-order valence-electron chi connectivity index (χ4n) is 2.16. The van der Waals surface area contributed by atoms with Crippen LogP contribution in [-0.2, 0) is 21.1 Å². The number of unbranched alkanes of at least 4 members (excludes halogenated alkanes) is 2. The van der Waals surface area contributed by atoms with E-state index >= 15 is 0 Å². The largest absolute Gasteiger partial charge is 0.573 e. The van der Waals surface area contributed by atoms with Crippen LogP contribution < -0.4 is 4.74 Å². The molecule has 1 aromatic rings. The number of benzene rings is 1. The van der Waals surface area contributed by atoms with Crippen LogP contribution in [0, 0.1) is 0 Å². The van der Waals surface area contributed by atoms with Gasteiger partial charge in [0.05, 0.1) is 11.0 Å². The van der Waals surface area contributed by atoms with Crippen LogP contribution in [0.15, 0.2) is 24.3 Å². The van der Waals surface area contributed by atoms with E-state index in [-0.39, 0.29) is 23.7 Å². The number of ether oxygens (including phenoxy) is 1. The summed E-state index contributed by atoms with van der Waals surface area (Å²) in [5.74, 6) is -0.231. The lowest BCUT2D eigenvalue weighted by molar-refractivity contribution is -0.274. The number of carbonyl (C=O) groups is 1. The van der Waals surface area contributed by atoms with Gasteiger partial charge in [0.1, 0.15) is 11.5 Å². The molecule has 0 saturated heterocycles. The van der Waals surface area contributed by atoms with Crippen LogP contribution in [0.4, 0.5) is 13.2 Å². The second-order valence-corrected chi connectivity index (χ2v) is 8.81. The van der Waals surface area contributed by atoms with E-state index in [9.17, 15) is 26.4 Å². The van der Waals surface area contributed by atoms with Crippen molar-refractivity contribution in [3.63, 3.8) is 0 Å². The predicted octanol–water partition coefficient (Wildman–Crippen LogP) is 4.08. The second-order valence-electron chi connectivity index (χ2n) is 6.13. The lowest BCUT2D eigenvalue weighted by Gasteiger charge is -2.09. The van der Waals surface area contributed by atoms with Crippen molar-refractivity contribution in [3.8, 4) is 5.75 Å². The molecule has 0 radical (unpaired) electrons. The van der Waals surface area contributed by atoms with Crippen molar-refractivity contribution in [2.24, 2.45) is 0 Å². The summed E-state index contributed by atoms with van der Waals surface area (Å²) in [6.45, 7) is 3.29. The van der Waals surface area contributed by atoms with E-state index in [1.807, 2.05) is 0 Å². The molecule has 0 atom stereocenters. The minimum atomic E-state index is -4.74. The zero-order valence-corrected chi connectivity index (χ0v) is 15.1. The van der Waals surface area contributed by atoms with Crippen LogP contribution in [0.5, 0.6) is 5.75 Å². The number of hydrogen-bond acceptors (Lipinski definition) is 4. The summed E-state index contributed by atoms with van der Waals surface area (Å²) >= 11 is 0. The molecule has 0 heterocycles. The number of sulfone groups is 1. The monoisotopic (exact) mass is 380 g/mol.